The lowest BCUT2D eigenvalue weighted by Gasteiger charge is -2.30. The van der Waals surface area contributed by atoms with Crippen molar-refractivity contribution >= 4 is 39.8 Å². The van der Waals surface area contributed by atoms with E-state index in [2.05, 4.69) is 22.6 Å². The van der Waals surface area contributed by atoms with E-state index in [0.717, 1.165) is 8.63 Å². The third kappa shape index (κ3) is 2.87. The number of anilines is 1. The monoisotopic (exact) mass is 468 g/mol. The fourth-order valence-corrected chi connectivity index (χ4v) is 4.10. The molecule has 0 radical (unpaired) electrons. The Kier molecular flexibility index (Phi) is 4.57. The van der Waals surface area contributed by atoms with Gasteiger partial charge in [-0.25, -0.2) is 0 Å². The van der Waals surface area contributed by atoms with Crippen molar-refractivity contribution in [3.05, 3.63) is 104 Å². The first kappa shape index (κ1) is 17.9. The Morgan fingerprint density at radius 1 is 0.852 bits per heavy atom. The minimum atomic E-state index is -1.55. The van der Waals surface area contributed by atoms with E-state index < -0.39 is 5.41 Å². The van der Waals surface area contributed by atoms with E-state index in [-0.39, 0.29) is 18.1 Å². The van der Waals surface area contributed by atoms with Crippen molar-refractivity contribution in [2.75, 3.05) is 11.6 Å². The Labute approximate surface area is 170 Å². The molecule has 5 heteroatoms. The Balaban J connectivity index is 1.96. The average molecular weight is 468 g/mol. The van der Waals surface area contributed by atoms with Crippen molar-refractivity contribution < 1.29 is 9.59 Å². The lowest BCUT2D eigenvalue weighted by Crippen LogP contribution is -2.47. The SMILES string of the molecule is O=C(c1ccccc1)C1(C(=O)c2ccccc2)CN([O-])c2cc(I)ccc21. The number of halogens is 1. The van der Waals surface area contributed by atoms with E-state index in [4.69, 9.17) is 0 Å². The molecule has 0 saturated heterocycles. The minimum Gasteiger partial charge on any atom is -0.758 e. The molecule has 0 N–H and O–H groups in total. The zero-order chi connectivity index (χ0) is 19.0. The van der Waals surface area contributed by atoms with Crippen LogP contribution in [0.1, 0.15) is 26.3 Å². The van der Waals surface area contributed by atoms with Crippen LogP contribution in [0.25, 0.3) is 0 Å². The molecule has 0 saturated carbocycles. The van der Waals surface area contributed by atoms with Gasteiger partial charge >= 0.3 is 0 Å². The molecule has 1 aliphatic heterocycles. The lowest BCUT2D eigenvalue weighted by atomic mass is 9.71. The smallest absolute Gasteiger partial charge is 0.183 e. The van der Waals surface area contributed by atoms with Crippen molar-refractivity contribution in [1.82, 2.24) is 0 Å². The van der Waals surface area contributed by atoms with Crippen molar-refractivity contribution in [3.63, 3.8) is 0 Å². The first-order valence-electron chi connectivity index (χ1n) is 8.48. The molecule has 4 nitrogen and oxygen atoms in total. The summed E-state index contributed by atoms with van der Waals surface area (Å²) in [6.07, 6.45) is 0. The molecule has 4 rings (SSSR count). The number of rotatable bonds is 4. The molecule has 0 amide bonds. The number of Topliss-reactive ketones (excluding diaryl/α,β-unsaturated/α-hetero) is 2. The zero-order valence-electron chi connectivity index (χ0n) is 14.3. The van der Waals surface area contributed by atoms with E-state index in [1.54, 1.807) is 60.7 Å². The number of nitrogens with zero attached hydrogens (tertiary/aromatic N) is 1. The maximum absolute atomic E-state index is 13.6. The summed E-state index contributed by atoms with van der Waals surface area (Å²) in [5, 5.41) is 13.5. The summed E-state index contributed by atoms with van der Waals surface area (Å²) in [7, 11) is 0. The van der Waals surface area contributed by atoms with Crippen LogP contribution in [-0.4, -0.2) is 18.1 Å². The molecule has 0 bridgehead atoms. The van der Waals surface area contributed by atoms with Gasteiger partial charge in [0.05, 0.1) is 0 Å². The van der Waals surface area contributed by atoms with Crippen molar-refractivity contribution in [2.24, 2.45) is 0 Å². The summed E-state index contributed by atoms with van der Waals surface area (Å²) < 4.78 is 0.877. The molecular weight excluding hydrogens is 453 g/mol. The first-order chi connectivity index (χ1) is 13.0. The van der Waals surface area contributed by atoms with Crippen LogP contribution in [0.3, 0.4) is 0 Å². The summed E-state index contributed by atoms with van der Waals surface area (Å²) >= 11 is 2.12. The molecule has 1 heterocycles. The fourth-order valence-electron chi connectivity index (χ4n) is 3.62. The number of hydrogen-bond acceptors (Lipinski definition) is 4. The minimum absolute atomic E-state index is 0.218. The Morgan fingerprint density at radius 2 is 1.37 bits per heavy atom. The van der Waals surface area contributed by atoms with Gasteiger partial charge in [0.1, 0.15) is 5.41 Å². The van der Waals surface area contributed by atoms with Gasteiger partial charge in [0.2, 0.25) is 0 Å². The third-order valence-corrected chi connectivity index (χ3v) is 5.59. The highest BCUT2D eigenvalue weighted by Crippen LogP contribution is 2.45. The second-order valence-electron chi connectivity index (χ2n) is 6.49. The second-order valence-corrected chi connectivity index (χ2v) is 7.74. The number of carbonyl (C=O) groups excluding carboxylic acids is 2. The van der Waals surface area contributed by atoms with E-state index in [1.165, 1.54) is 0 Å². The molecular formula is C22H15INO3-. The maximum atomic E-state index is 13.6. The molecule has 3 aromatic carbocycles. The molecule has 134 valence electrons. The number of fused-ring (bicyclic) bond motifs is 1. The van der Waals surface area contributed by atoms with Crippen molar-refractivity contribution in [2.45, 2.75) is 5.41 Å². The van der Waals surface area contributed by atoms with Crippen LogP contribution in [0.2, 0.25) is 0 Å². The number of carbonyl (C=O) groups is 2. The highest BCUT2D eigenvalue weighted by molar-refractivity contribution is 14.1. The van der Waals surface area contributed by atoms with E-state index in [0.29, 0.717) is 22.4 Å². The van der Waals surface area contributed by atoms with Crippen LogP contribution >= 0.6 is 22.6 Å². The highest BCUT2D eigenvalue weighted by atomic mass is 127. The number of benzene rings is 3. The van der Waals surface area contributed by atoms with Crippen LogP contribution in [0, 0.1) is 8.78 Å². The second kappa shape index (κ2) is 6.90. The van der Waals surface area contributed by atoms with Gasteiger partial charge in [-0.2, -0.15) is 0 Å². The van der Waals surface area contributed by atoms with Gasteiger partial charge in [-0.05, 0) is 40.3 Å². The van der Waals surface area contributed by atoms with Gasteiger partial charge < -0.3 is 10.3 Å². The molecule has 0 aliphatic carbocycles. The zero-order valence-corrected chi connectivity index (χ0v) is 16.4. The van der Waals surface area contributed by atoms with Gasteiger partial charge in [0.15, 0.2) is 11.6 Å². The molecule has 0 fully saturated rings. The molecule has 0 spiro atoms. The molecule has 27 heavy (non-hydrogen) atoms. The quantitative estimate of drug-likeness (QED) is 0.319. The predicted molar refractivity (Wildman–Crippen MR) is 113 cm³/mol. The van der Waals surface area contributed by atoms with E-state index >= 15 is 0 Å². The van der Waals surface area contributed by atoms with Gasteiger partial charge in [0.25, 0.3) is 0 Å². The van der Waals surface area contributed by atoms with Crippen molar-refractivity contribution in [3.8, 4) is 0 Å². The number of ketones is 2. The van der Waals surface area contributed by atoms with Gasteiger partial charge in [-0.3, -0.25) is 9.59 Å². The topological polar surface area (TPSA) is 60.4 Å². The first-order valence-corrected chi connectivity index (χ1v) is 9.56. The summed E-state index contributed by atoms with van der Waals surface area (Å²) in [5.74, 6) is -0.699. The normalized spacial score (nSPS) is 14.7. The van der Waals surface area contributed by atoms with E-state index in [1.807, 2.05) is 18.2 Å². The van der Waals surface area contributed by atoms with Crippen molar-refractivity contribution in [1.29, 1.82) is 0 Å². The Hall–Kier alpha value is -2.51. The highest BCUT2D eigenvalue weighted by Gasteiger charge is 2.52. The van der Waals surface area contributed by atoms with Gasteiger partial charge in [-0.1, -0.05) is 66.7 Å². The summed E-state index contributed by atoms with van der Waals surface area (Å²) in [5.41, 5.74) is 0.142. The standard InChI is InChI=1S/C22H15INO3/c23-17-11-12-18-19(13-17)24(27)14-22(18,20(25)15-7-3-1-4-8-15)21(26)16-9-5-2-6-10-16/h1-13H,14H2/q-1. The van der Waals surface area contributed by atoms with Crippen LogP contribution in [0.15, 0.2) is 78.9 Å². The Morgan fingerprint density at radius 3 is 1.89 bits per heavy atom. The third-order valence-electron chi connectivity index (χ3n) is 4.92. The Bertz CT molecular complexity index is 967. The summed E-state index contributed by atoms with van der Waals surface area (Å²) in [6, 6.07) is 22.7. The molecule has 1 aliphatic rings. The predicted octanol–water partition coefficient (Wildman–Crippen LogP) is 4.61. The van der Waals surface area contributed by atoms with Crippen LogP contribution < -0.4 is 5.06 Å². The average Bonchev–Trinajstić information content (AvgIpc) is 3.01. The largest absolute Gasteiger partial charge is 0.758 e. The van der Waals surface area contributed by atoms with Crippen LogP contribution in [-0.2, 0) is 5.41 Å². The number of hydrogen-bond donors (Lipinski definition) is 0. The molecule has 0 atom stereocenters. The summed E-state index contributed by atoms with van der Waals surface area (Å²) in [6.45, 7) is -0.218. The van der Waals surface area contributed by atoms with Crippen LogP contribution in [0.5, 0.6) is 0 Å². The van der Waals surface area contributed by atoms with Gasteiger partial charge in [-0.15, -0.1) is 0 Å². The molecule has 3 aromatic rings. The van der Waals surface area contributed by atoms with Crippen LogP contribution in [0.4, 0.5) is 5.69 Å². The lowest BCUT2D eigenvalue weighted by molar-refractivity contribution is 0.0776. The van der Waals surface area contributed by atoms with Gasteiger partial charge in [0, 0.05) is 26.9 Å². The fraction of sp³-hybridized carbons (Fsp3) is 0.0909. The summed E-state index contributed by atoms with van der Waals surface area (Å²) in [4.78, 5) is 27.2. The van der Waals surface area contributed by atoms with E-state index in [9.17, 15) is 14.8 Å². The maximum Gasteiger partial charge on any atom is 0.183 e. The number of hydroxylamine groups is 1. The molecule has 0 aromatic heterocycles. The molecule has 0 unspecified atom stereocenters.